The highest BCUT2D eigenvalue weighted by Gasteiger charge is 2.13. The van der Waals surface area contributed by atoms with Crippen LogP contribution in [0.4, 0.5) is 16.2 Å². The molecule has 1 saturated heterocycles. The number of urea groups is 1. The van der Waals surface area contributed by atoms with E-state index in [2.05, 4.69) is 39.7 Å². The minimum absolute atomic E-state index is 0.124. The normalized spacial score (nSPS) is 14.0. The van der Waals surface area contributed by atoms with Gasteiger partial charge in [-0.2, -0.15) is 0 Å². The number of carbonyl (C=O) groups excluding carboxylic acids is 2. The fourth-order valence-corrected chi connectivity index (χ4v) is 3.93. The van der Waals surface area contributed by atoms with E-state index in [0.717, 1.165) is 49.7 Å². The fourth-order valence-electron chi connectivity index (χ4n) is 3.93. The van der Waals surface area contributed by atoms with Crippen molar-refractivity contribution in [3.63, 3.8) is 0 Å². The number of rotatable bonds is 8. The molecule has 35 heavy (non-hydrogen) atoms. The second-order valence-electron chi connectivity index (χ2n) is 8.95. The van der Waals surface area contributed by atoms with Crippen LogP contribution in [0.15, 0.2) is 60.8 Å². The Morgan fingerprint density at radius 1 is 0.943 bits per heavy atom. The van der Waals surface area contributed by atoms with Crippen LogP contribution in [-0.2, 0) is 4.74 Å². The maximum Gasteiger partial charge on any atom is 0.323 e. The number of nitrogens with zero attached hydrogens (tertiary/aromatic N) is 1. The molecule has 1 fully saturated rings. The van der Waals surface area contributed by atoms with Gasteiger partial charge in [0.1, 0.15) is 5.69 Å². The van der Waals surface area contributed by atoms with Crippen LogP contribution < -0.4 is 16.0 Å². The number of amides is 3. The largest absolute Gasteiger partial charge is 0.379 e. The van der Waals surface area contributed by atoms with Gasteiger partial charge in [0.25, 0.3) is 5.91 Å². The summed E-state index contributed by atoms with van der Waals surface area (Å²) in [5.41, 5.74) is 5.03. The Morgan fingerprint density at radius 3 is 2.20 bits per heavy atom. The summed E-state index contributed by atoms with van der Waals surface area (Å²) >= 11 is 0. The molecule has 1 aromatic heterocycles. The molecule has 0 bridgehead atoms. The number of morpholine rings is 1. The number of ether oxygens (including phenoxy) is 1. The summed E-state index contributed by atoms with van der Waals surface area (Å²) in [4.78, 5) is 30.1. The van der Waals surface area contributed by atoms with Crippen molar-refractivity contribution in [3.05, 3.63) is 72.1 Å². The van der Waals surface area contributed by atoms with E-state index in [1.54, 1.807) is 0 Å². The second-order valence-corrected chi connectivity index (χ2v) is 8.95. The molecule has 4 rings (SSSR count). The molecule has 8 nitrogen and oxygen atoms in total. The van der Waals surface area contributed by atoms with Crippen LogP contribution in [0.2, 0.25) is 0 Å². The van der Waals surface area contributed by atoms with E-state index in [9.17, 15) is 9.59 Å². The number of aromatic nitrogens is 1. The van der Waals surface area contributed by atoms with Gasteiger partial charge in [0.15, 0.2) is 0 Å². The van der Waals surface area contributed by atoms with Gasteiger partial charge in [-0.05, 0) is 52.9 Å². The van der Waals surface area contributed by atoms with Crippen molar-refractivity contribution in [1.29, 1.82) is 0 Å². The first-order chi connectivity index (χ1) is 17.0. The van der Waals surface area contributed by atoms with Crippen molar-refractivity contribution in [1.82, 2.24) is 15.2 Å². The van der Waals surface area contributed by atoms with E-state index in [0.29, 0.717) is 23.8 Å². The van der Waals surface area contributed by atoms with Crippen molar-refractivity contribution in [2.45, 2.75) is 19.8 Å². The lowest BCUT2D eigenvalue weighted by Crippen LogP contribution is -2.41. The summed E-state index contributed by atoms with van der Waals surface area (Å²) in [6.45, 7) is 8.98. The molecular formula is C27H33N5O3. The van der Waals surface area contributed by atoms with Crippen LogP contribution in [0.5, 0.6) is 0 Å². The Labute approximate surface area is 206 Å². The molecule has 0 aliphatic carbocycles. The lowest BCUT2D eigenvalue weighted by Gasteiger charge is -2.26. The van der Waals surface area contributed by atoms with Crippen molar-refractivity contribution in [3.8, 4) is 11.1 Å². The zero-order chi connectivity index (χ0) is 24.6. The van der Waals surface area contributed by atoms with Gasteiger partial charge < -0.3 is 25.7 Å². The summed E-state index contributed by atoms with van der Waals surface area (Å²) < 4.78 is 5.34. The molecule has 184 valence electrons. The highest BCUT2D eigenvalue weighted by Crippen LogP contribution is 2.23. The maximum atomic E-state index is 12.5. The number of H-pyrrole nitrogens is 1. The number of hydrogen-bond acceptors (Lipinski definition) is 4. The van der Waals surface area contributed by atoms with Crippen LogP contribution in [-0.4, -0.2) is 61.2 Å². The van der Waals surface area contributed by atoms with E-state index in [1.807, 2.05) is 60.8 Å². The Morgan fingerprint density at radius 2 is 1.57 bits per heavy atom. The second kappa shape index (κ2) is 11.7. The Bertz CT molecular complexity index is 1120. The monoisotopic (exact) mass is 475 g/mol. The summed E-state index contributed by atoms with van der Waals surface area (Å²) in [5, 5.41) is 8.66. The lowest BCUT2D eigenvalue weighted by molar-refractivity contribution is 0.0383. The van der Waals surface area contributed by atoms with Crippen LogP contribution in [0.25, 0.3) is 11.1 Å². The minimum atomic E-state index is -0.298. The molecule has 2 aromatic carbocycles. The van der Waals surface area contributed by atoms with Crippen LogP contribution >= 0.6 is 0 Å². The van der Waals surface area contributed by atoms with Gasteiger partial charge >= 0.3 is 6.03 Å². The minimum Gasteiger partial charge on any atom is -0.379 e. The first-order valence-corrected chi connectivity index (χ1v) is 12.0. The quantitative estimate of drug-likeness (QED) is 0.385. The molecule has 0 radical (unpaired) electrons. The number of carbonyl (C=O) groups is 2. The molecular weight excluding hydrogens is 442 g/mol. The van der Waals surface area contributed by atoms with Crippen molar-refractivity contribution in [2.75, 3.05) is 50.0 Å². The van der Waals surface area contributed by atoms with Crippen LogP contribution in [0, 0.1) is 0 Å². The lowest BCUT2D eigenvalue weighted by atomic mass is 10.0. The Balaban J connectivity index is 1.26. The van der Waals surface area contributed by atoms with Crippen LogP contribution in [0.1, 0.15) is 35.8 Å². The van der Waals surface area contributed by atoms with Crippen molar-refractivity contribution >= 4 is 23.3 Å². The molecule has 1 aliphatic heterocycles. The number of aromatic amines is 1. The molecule has 0 unspecified atom stereocenters. The fraction of sp³-hybridized carbons (Fsp3) is 0.333. The van der Waals surface area contributed by atoms with Gasteiger partial charge in [-0.1, -0.05) is 38.1 Å². The van der Waals surface area contributed by atoms with Crippen LogP contribution in [0.3, 0.4) is 0 Å². The summed E-state index contributed by atoms with van der Waals surface area (Å²) in [7, 11) is 0. The first-order valence-electron chi connectivity index (χ1n) is 12.0. The number of nitrogens with one attached hydrogen (secondary N) is 4. The van der Waals surface area contributed by atoms with E-state index >= 15 is 0 Å². The Hall–Kier alpha value is -3.62. The molecule has 1 aliphatic rings. The molecule has 3 aromatic rings. The molecule has 0 saturated carbocycles. The predicted octanol–water partition coefficient (Wildman–Crippen LogP) is 4.51. The molecule has 3 amide bonds. The van der Waals surface area contributed by atoms with Gasteiger partial charge in [0.2, 0.25) is 0 Å². The smallest absolute Gasteiger partial charge is 0.323 e. The molecule has 0 spiro atoms. The van der Waals surface area contributed by atoms with E-state index in [-0.39, 0.29) is 11.9 Å². The summed E-state index contributed by atoms with van der Waals surface area (Å²) in [6, 6.07) is 16.9. The molecule has 0 atom stereocenters. The zero-order valence-corrected chi connectivity index (χ0v) is 20.3. The third kappa shape index (κ3) is 6.94. The SMILES string of the molecule is CC(C)c1ccc(NC(=O)Nc2ccc(-c3c[nH]c(C(=O)NCCN4CCOCC4)c3)cc2)cc1. The molecule has 2 heterocycles. The third-order valence-corrected chi connectivity index (χ3v) is 6.06. The topological polar surface area (TPSA) is 98.5 Å². The Kier molecular flexibility index (Phi) is 8.18. The highest BCUT2D eigenvalue weighted by atomic mass is 16.5. The van der Waals surface area contributed by atoms with Crippen molar-refractivity contribution in [2.24, 2.45) is 0 Å². The zero-order valence-electron chi connectivity index (χ0n) is 20.3. The van der Waals surface area contributed by atoms with Gasteiger partial charge in [-0.15, -0.1) is 0 Å². The van der Waals surface area contributed by atoms with E-state index in [4.69, 9.17) is 4.74 Å². The van der Waals surface area contributed by atoms with E-state index < -0.39 is 0 Å². The molecule has 4 N–H and O–H groups in total. The first kappa shape index (κ1) is 24.5. The number of benzene rings is 2. The predicted molar refractivity (Wildman–Crippen MR) is 139 cm³/mol. The summed E-state index contributed by atoms with van der Waals surface area (Å²) in [5.74, 6) is 0.322. The number of anilines is 2. The summed E-state index contributed by atoms with van der Waals surface area (Å²) in [6.07, 6.45) is 1.81. The standard InChI is InChI=1S/C27H33N5O3/c1-19(2)20-3-7-23(8-4-20)30-27(34)31-24-9-5-21(6-10-24)22-17-25(29-18-22)26(33)28-11-12-32-13-15-35-16-14-32/h3-10,17-19,29H,11-16H2,1-2H3,(H,28,33)(H2,30,31,34). The molecule has 8 heteroatoms. The highest BCUT2D eigenvalue weighted by molar-refractivity contribution is 6.00. The number of hydrogen-bond donors (Lipinski definition) is 4. The average molecular weight is 476 g/mol. The third-order valence-electron chi connectivity index (χ3n) is 6.06. The van der Waals surface area contributed by atoms with Gasteiger partial charge in [-0.25, -0.2) is 4.79 Å². The van der Waals surface area contributed by atoms with Gasteiger partial charge in [-0.3, -0.25) is 9.69 Å². The van der Waals surface area contributed by atoms with Gasteiger partial charge in [0.05, 0.1) is 13.2 Å². The van der Waals surface area contributed by atoms with Crippen molar-refractivity contribution < 1.29 is 14.3 Å². The maximum absolute atomic E-state index is 12.5. The van der Waals surface area contributed by atoms with E-state index in [1.165, 1.54) is 5.56 Å². The van der Waals surface area contributed by atoms with Gasteiger partial charge in [0, 0.05) is 43.8 Å². The average Bonchev–Trinajstić information content (AvgIpc) is 3.36.